The molecule has 1 N–H and O–H groups in total. The zero-order valence-electron chi connectivity index (χ0n) is 13.9. The molecule has 1 saturated carbocycles. The van der Waals surface area contributed by atoms with E-state index in [4.69, 9.17) is 0 Å². The van der Waals surface area contributed by atoms with Crippen LogP contribution in [0.2, 0.25) is 0 Å². The van der Waals surface area contributed by atoms with E-state index in [1.54, 1.807) is 6.20 Å². The number of likely N-dealkylation sites (tertiary alicyclic amines) is 1. The average molecular weight is 312 g/mol. The van der Waals surface area contributed by atoms with Crippen LogP contribution in [0.1, 0.15) is 65.1 Å². The summed E-state index contributed by atoms with van der Waals surface area (Å²) in [5.74, 6) is 0.566. The van der Waals surface area contributed by atoms with Crippen LogP contribution in [-0.2, 0) is 0 Å². The summed E-state index contributed by atoms with van der Waals surface area (Å²) in [7, 11) is 0. The number of amides is 1. The maximum atomic E-state index is 13.0. The van der Waals surface area contributed by atoms with Crippen molar-refractivity contribution in [2.75, 3.05) is 13.1 Å². The molecule has 3 heterocycles. The number of H-pyrrole nitrogens is 1. The first-order valence-electron chi connectivity index (χ1n) is 8.62. The van der Waals surface area contributed by atoms with E-state index in [1.165, 1.54) is 18.5 Å². The minimum absolute atomic E-state index is 0.189. The van der Waals surface area contributed by atoms with Crippen molar-refractivity contribution in [1.82, 2.24) is 19.7 Å². The van der Waals surface area contributed by atoms with Gasteiger partial charge in [-0.2, -0.15) is 5.10 Å². The van der Waals surface area contributed by atoms with Gasteiger partial charge in [0.15, 0.2) is 0 Å². The van der Waals surface area contributed by atoms with Gasteiger partial charge in [0, 0.05) is 48.3 Å². The zero-order chi connectivity index (χ0) is 16.0. The lowest BCUT2D eigenvalue weighted by Gasteiger charge is -2.32. The van der Waals surface area contributed by atoms with E-state index in [0.29, 0.717) is 12.0 Å². The van der Waals surface area contributed by atoms with Crippen molar-refractivity contribution in [1.29, 1.82) is 0 Å². The Morgan fingerprint density at radius 2 is 2.13 bits per heavy atom. The lowest BCUT2D eigenvalue weighted by Crippen LogP contribution is -2.39. The third-order valence-corrected chi connectivity index (χ3v) is 5.30. The molecular weight excluding hydrogens is 288 g/mol. The van der Waals surface area contributed by atoms with Crippen molar-refractivity contribution in [2.45, 2.75) is 51.5 Å². The summed E-state index contributed by atoms with van der Waals surface area (Å²) in [6.45, 7) is 5.85. The Morgan fingerprint density at radius 3 is 2.83 bits per heavy atom. The number of carbonyl (C=O) groups is 1. The number of aromatic nitrogens is 3. The highest BCUT2D eigenvalue weighted by Gasteiger charge is 2.31. The number of nitrogens with zero attached hydrogens (tertiary/aromatic N) is 3. The zero-order valence-corrected chi connectivity index (χ0v) is 13.9. The molecule has 23 heavy (non-hydrogen) atoms. The Morgan fingerprint density at radius 1 is 1.30 bits per heavy atom. The number of hydrogen-bond donors (Lipinski definition) is 1. The maximum absolute atomic E-state index is 13.0. The van der Waals surface area contributed by atoms with Gasteiger partial charge in [0.05, 0.1) is 5.56 Å². The molecule has 2 aliphatic rings. The van der Waals surface area contributed by atoms with Crippen molar-refractivity contribution < 1.29 is 4.79 Å². The van der Waals surface area contributed by atoms with Gasteiger partial charge in [0.1, 0.15) is 0 Å². The standard InChI is InChI=1S/C18H24N4O/c1-12-10-16(13(2)22(12)15-5-6-15)18(23)21-9-3-4-14(11-21)17-7-8-19-20-17/h7-8,10,14-15H,3-6,9,11H2,1-2H3,(H,19,20). The van der Waals surface area contributed by atoms with Crippen LogP contribution in [0, 0.1) is 13.8 Å². The highest BCUT2D eigenvalue weighted by Crippen LogP contribution is 2.38. The third kappa shape index (κ3) is 2.58. The van der Waals surface area contributed by atoms with E-state index in [1.807, 2.05) is 11.0 Å². The van der Waals surface area contributed by atoms with Crippen molar-refractivity contribution >= 4 is 5.91 Å². The van der Waals surface area contributed by atoms with Gasteiger partial charge in [-0.3, -0.25) is 9.89 Å². The number of rotatable bonds is 3. The van der Waals surface area contributed by atoms with E-state index in [-0.39, 0.29) is 5.91 Å². The van der Waals surface area contributed by atoms with Crippen LogP contribution < -0.4 is 0 Å². The lowest BCUT2D eigenvalue weighted by molar-refractivity contribution is 0.0705. The van der Waals surface area contributed by atoms with Gasteiger partial charge in [0.25, 0.3) is 5.91 Å². The second-order valence-electron chi connectivity index (χ2n) is 6.99. The quantitative estimate of drug-likeness (QED) is 0.946. The third-order valence-electron chi connectivity index (χ3n) is 5.30. The summed E-state index contributed by atoms with van der Waals surface area (Å²) in [6, 6.07) is 4.73. The van der Waals surface area contributed by atoms with E-state index in [2.05, 4.69) is 34.7 Å². The Bertz CT molecular complexity index is 712. The molecule has 1 amide bonds. The fourth-order valence-corrected chi connectivity index (χ4v) is 3.97. The lowest BCUT2D eigenvalue weighted by atomic mass is 9.94. The van der Waals surface area contributed by atoms with Gasteiger partial charge in [-0.25, -0.2) is 0 Å². The summed E-state index contributed by atoms with van der Waals surface area (Å²) in [5.41, 5.74) is 4.39. The predicted molar refractivity (Wildman–Crippen MR) is 88.6 cm³/mol. The van der Waals surface area contributed by atoms with Crippen LogP contribution in [0.5, 0.6) is 0 Å². The molecule has 1 unspecified atom stereocenters. The van der Waals surface area contributed by atoms with Crippen LogP contribution in [-0.4, -0.2) is 38.7 Å². The Kier molecular flexibility index (Phi) is 3.51. The molecule has 1 saturated heterocycles. The molecule has 0 bridgehead atoms. The normalized spacial score (nSPS) is 21.7. The van der Waals surface area contributed by atoms with Gasteiger partial charge >= 0.3 is 0 Å². The minimum atomic E-state index is 0.189. The van der Waals surface area contributed by atoms with Crippen molar-refractivity contribution in [2.24, 2.45) is 0 Å². The number of aromatic amines is 1. The molecule has 1 atom stereocenters. The molecule has 0 radical (unpaired) electrons. The Balaban J connectivity index is 1.56. The predicted octanol–water partition coefficient (Wildman–Crippen LogP) is 3.18. The second-order valence-corrected chi connectivity index (χ2v) is 6.99. The maximum Gasteiger partial charge on any atom is 0.255 e. The minimum Gasteiger partial charge on any atom is -0.345 e. The molecule has 0 spiro atoms. The first-order chi connectivity index (χ1) is 11.1. The average Bonchev–Trinajstić information content (AvgIpc) is 3.13. The highest BCUT2D eigenvalue weighted by atomic mass is 16.2. The van der Waals surface area contributed by atoms with E-state index in [9.17, 15) is 4.79 Å². The van der Waals surface area contributed by atoms with E-state index < -0.39 is 0 Å². The molecule has 2 aromatic heterocycles. The van der Waals surface area contributed by atoms with Crippen LogP contribution >= 0.6 is 0 Å². The van der Waals surface area contributed by atoms with Crippen molar-refractivity contribution in [3.63, 3.8) is 0 Å². The summed E-state index contributed by atoms with van der Waals surface area (Å²) in [4.78, 5) is 15.1. The van der Waals surface area contributed by atoms with Crippen molar-refractivity contribution in [3.05, 3.63) is 41.0 Å². The molecule has 122 valence electrons. The first kappa shape index (κ1) is 14.5. The van der Waals surface area contributed by atoms with Crippen molar-refractivity contribution in [3.8, 4) is 0 Å². The Labute approximate surface area is 136 Å². The molecule has 2 fully saturated rings. The molecule has 1 aliphatic carbocycles. The van der Waals surface area contributed by atoms with Gasteiger partial charge in [0.2, 0.25) is 0 Å². The molecule has 1 aliphatic heterocycles. The number of carbonyl (C=O) groups excluding carboxylic acids is 1. The first-order valence-corrected chi connectivity index (χ1v) is 8.62. The molecule has 0 aromatic carbocycles. The van der Waals surface area contributed by atoms with E-state index >= 15 is 0 Å². The summed E-state index contributed by atoms with van der Waals surface area (Å²) < 4.78 is 2.35. The molecule has 4 rings (SSSR count). The monoisotopic (exact) mass is 312 g/mol. The topological polar surface area (TPSA) is 53.9 Å². The van der Waals surface area contributed by atoms with Gasteiger partial charge < -0.3 is 9.47 Å². The number of piperidine rings is 1. The number of hydrogen-bond acceptors (Lipinski definition) is 2. The molecule has 5 heteroatoms. The fraction of sp³-hybridized carbons (Fsp3) is 0.556. The van der Waals surface area contributed by atoms with E-state index in [0.717, 1.165) is 42.9 Å². The fourth-order valence-electron chi connectivity index (χ4n) is 3.97. The molecular formula is C18H24N4O. The summed E-state index contributed by atoms with van der Waals surface area (Å²) in [6.07, 6.45) is 6.45. The van der Waals surface area contributed by atoms with Crippen LogP contribution in [0.25, 0.3) is 0 Å². The number of aryl methyl sites for hydroxylation is 1. The van der Waals surface area contributed by atoms with Crippen LogP contribution in [0.4, 0.5) is 0 Å². The summed E-state index contributed by atoms with van der Waals surface area (Å²) in [5, 5.41) is 7.11. The number of nitrogens with one attached hydrogen (secondary N) is 1. The SMILES string of the molecule is Cc1cc(C(=O)N2CCCC(c3ccn[nH]3)C2)c(C)n1C1CC1. The molecule has 5 nitrogen and oxygen atoms in total. The van der Waals surface area contributed by atoms with Crippen LogP contribution in [0.3, 0.4) is 0 Å². The van der Waals surface area contributed by atoms with Crippen LogP contribution in [0.15, 0.2) is 18.3 Å². The largest absolute Gasteiger partial charge is 0.345 e. The smallest absolute Gasteiger partial charge is 0.255 e. The Hall–Kier alpha value is -2.04. The van der Waals surface area contributed by atoms with Gasteiger partial charge in [-0.15, -0.1) is 0 Å². The summed E-state index contributed by atoms with van der Waals surface area (Å²) >= 11 is 0. The van der Waals surface area contributed by atoms with Gasteiger partial charge in [-0.05, 0) is 51.7 Å². The second kappa shape index (κ2) is 5.55. The van der Waals surface area contributed by atoms with Gasteiger partial charge in [-0.1, -0.05) is 0 Å². The molecule has 2 aromatic rings. The highest BCUT2D eigenvalue weighted by molar-refractivity contribution is 5.95.